The summed E-state index contributed by atoms with van der Waals surface area (Å²) >= 11 is 0. The highest BCUT2D eigenvalue weighted by Crippen LogP contribution is 2.13. The zero-order chi connectivity index (χ0) is 10.8. The molecule has 1 heterocycles. The number of hydrogen-bond acceptors (Lipinski definition) is 3. The summed E-state index contributed by atoms with van der Waals surface area (Å²) < 4.78 is 1.62. The molecule has 0 bridgehead atoms. The molecule has 2 N–H and O–H groups in total. The molecule has 0 aliphatic heterocycles. The number of aromatic nitrogens is 3. The van der Waals surface area contributed by atoms with Crippen LogP contribution in [0.15, 0.2) is 30.6 Å². The number of amides is 1. The van der Waals surface area contributed by atoms with E-state index in [1.165, 1.54) is 0 Å². The average molecular weight is 202 g/mol. The quantitative estimate of drug-likeness (QED) is 0.778. The van der Waals surface area contributed by atoms with Gasteiger partial charge in [-0.3, -0.25) is 4.79 Å². The van der Waals surface area contributed by atoms with Crippen LogP contribution in [-0.4, -0.2) is 20.9 Å². The lowest BCUT2D eigenvalue weighted by atomic mass is 10.1. The van der Waals surface area contributed by atoms with Gasteiger partial charge in [0.2, 0.25) is 5.91 Å². The SMILES string of the molecule is Cc1cc(-n2ccnn2)ccc1C(N)=O. The van der Waals surface area contributed by atoms with Gasteiger partial charge in [0.05, 0.1) is 18.1 Å². The standard InChI is InChI=1S/C10H10N4O/c1-7-6-8(14-5-4-12-13-14)2-3-9(7)10(11)15/h2-6H,1H3,(H2,11,15). The first-order valence-electron chi connectivity index (χ1n) is 4.45. The molecule has 1 amide bonds. The Morgan fingerprint density at radius 2 is 2.27 bits per heavy atom. The Labute approximate surface area is 86.5 Å². The minimum atomic E-state index is -0.419. The number of rotatable bonds is 2. The molecule has 0 aliphatic rings. The summed E-state index contributed by atoms with van der Waals surface area (Å²) in [6.45, 7) is 1.83. The maximum atomic E-state index is 11.0. The predicted molar refractivity (Wildman–Crippen MR) is 54.6 cm³/mol. The van der Waals surface area contributed by atoms with Gasteiger partial charge in [-0.15, -0.1) is 5.10 Å². The Morgan fingerprint density at radius 1 is 1.47 bits per heavy atom. The lowest BCUT2D eigenvalue weighted by molar-refractivity contribution is 0.0999. The molecule has 0 saturated heterocycles. The van der Waals surface area contributed by atoms with Crippen LogP contribution < -0.4 is 5.73 Å². The van der Waals surface area contributed by atoms with Crippen LogP contribution in [0.3, 0.4) is 0 Å². The van der Waals surface area contributed by atoms with E-state index in [0.29, 0.717) is 5.56 Å². The van der Waals surface area contributed by atoms with Crippen LogP contribution in [-0.2, 0) is 0 Å². The number of hydrogen-bond donors (Lipinski definition) is 1. The van der Waals surface area contributed by atoms with E-state index in [0.717, 1.165) is 11.3 Å². The van der Waals surface area contributed by atoms with Gasteiger partial charge in [-0.2, -0.15) is 0 Å². The van der Waals surface area contributed by atoms with Crippen molar-refractivity contribution in [1.29, 1.82) is 0 Å². The van der Waals surface area contributed by atoms with Gasteiger partial charge in [0.15, 0.2) is 0 Å². The van der Waals surface area contributed by atoms with Crippen molar-refractivity contribution >= 4 is 5.91 Å². The molecule has 5 nitrogen and oxygen atoms in total. The maximum absolute atomic E-state index is 11.0. The van der Waals surface area contributed by atoms with Gasteiger partial charge in [0.1, 0.15) is 0 Å². The van der Waals surface area contributed by atoms with Gasteiger partial charge in [-0.05, 0) is 30.7 Å². The summed E-state index contributed by atoms with van der Waals surface area (Å²) in [5.41, 5.74) is 7.42. The van der Waals surface area contributed by atoms with E-state index in [1.54, 1.807) is 29.2 Å². The molecular weight excluding hydrogens is 192 g/mol. The molecule has 5 heteroatoms. The first-order chi connectivity index (χ1) is 7.18. The summed E-state index contributed by atoms with van der Waals surface area (Å²) in [5, 5.41) is 7.56. The minimum absolute atomic E-state index is 0.419. The molecular formula is C10H10N4O. The lowest BCUT2D eigenvalue weighted by Gasteiger charge is -2.04. The minimum Gasteiger partial charge on any atom is -0.366 e. The van der Waals surface area contributed by atoms with Crippen LogP contribution >= 0.6 is 0 Å². The molecule has 1 aromatic carbocycles. The largest absolute Gasteiger partial charge is 0.366 e. The van der Waals surface area contributed by atoms with Gasteiger partial charge in [0.25, 0.3) is 0 Å². The normalized spacial score (nSPS) is 10.2. The Bertz CT molecular complexity index is 490. The van der Waals surface area contributed by atoms with E-state index in [9.17, 15) is 4.79 Å². The highest BCUT2D eigenvalue weighted by molar-refractivity contribution is 5.94. The van der Waals surface area contributed by atoms with Crippen molar-refractivity contribution in [3.05, 3.63) is 41.7 Å². The summed E-state index contributed by atoms with van der Waals surface area (Å²) in [6, 6.07) is 5.31. The van der Waals surface area contributed by atoms with Gasteiger partial charge < -0.3 is 5.73 Å². The number of aryl methyl sites for hydroxylation is 1. The molecule has 0 saturated carbocycles. The second-order valence-electron chi connectivity index (χ2n) is 3.21. The van der Waals surface area contributed by atoms with E-state index in [1.807, 2.05) is 13.0 Å². The van der Waals surface area contributed by atoms with Crippen LogP contribution in [0.5, 0.6) is 0 Å². The lowest BCUT2D eigenvalue weighted by Crippen LogP contribution is -2.12. The monoisotopic (exact) mass is 202 g/mol. The highest BCUT2D eigenvalue weighted by atomic mass is 16.1. The van der Waals surface area contributed by atoms with Crippen LogP contribution in [0.4, 0.5) is 0 Å². The zero-order valence-corrected chi connectivity index (χ0v) is 8.21. The molecule has 0 fully saturated rings. The third kappa shape index (κ3) is 1.71. The number of benzene rings is 1. The summed E-state index contributed by atoms with van der Waals surface area (Å²) in [6.07, 6.45) is 3.33. The first-order valence-corrected chi connectivity index (χ1v) is 4.45. The van der Waals surface area contributed by atoms with E-state index in [4.69, 9.17) is 5.73 Å². The van der Waals surface area contributed by atoms with Crippen molar-refractivity contribution in [2.45, 2.75) is 6.92 Å². The van der Waals surface area contributed by atoms with Crippen molar-refractivity contribution in [3.63, 3.8) is 0 Å². The Morgan fingerprint density at radius 3 is 2.80 bits per heavy atom. The van der Waals surface area contributed by atoms with E-state index >= 15 is 0 Å². The van der Waals surface area contributed by atoms with Crippen LogP contribution in [0, 0.1) is 6.92 Å². The fraction of sp³-hybridized carbons (Fsp3) is 0.100. The number of nitrogens with two attached hydrogens (primary N) is 1. The molecule has 0 spiro atoms. The molecule has 0 atom stereocenters. The van der Waals surface area contributed by atoms with Gasteiger partial charge in [0, 0.05) is 5.56 Å². The van der Waals surface area contributed by atoms with Crippen LogP contribution in [0.1, 0.15) is 15.9 Å². The van der Waals surface area contributed by atoms with Gasteiger partial charge in [-0.1, -0.05) is 5.21 Å². The van der Waals surface area contributed by atoms with Crippen molar-refractivity contribution in [1.82, 2.24) is 15.0 Å². The third-order valence-corrected chi connectivity index (χ3v) is 2.16. The van der Waals surface area contributed by atoms with Crippen molar-refractivity contribution in [2.75, 3.05) is 0 Å². The summed E-state index contributed by atoms with van der Waals surface area (Å²) in [7, 11) is 0. The van der Waals surface area contributed by atoms with E-state index in [2.05, 4.69) is 10.3 Å². The Kier molecular flexibility index (Phi) is 2.21. The second kappa shape index (κ2) is 3.53. The van der Waals surface area contributed by atoms with E-state index in [-0.39, 0.29) is 0 Å². The molecule has 1 aromatic heterocycles. The van der Waals surface area contributed by atoms with Gasteiger partial charge in [-0.25, -0.2) is 4.68 Å². The van der Waals surface area contributed by atoms with Gasteiger partial charge >= 0.3 is 0 Å². The smallest absolute Gasteiger partial charge is 0.248 e. The molecule has 2 aromatic rings. The highest BCUT2D eigenvalue weighted by Gasteiger charge is 2.06. The number of carbonyl (C=O) groups is 1. The molecule has 0 radical (unpaired) electrons. The fourth-order valence-electron chi connectivity index (χ4n) is 1.41. The van der Waals surface area contributed by atoms with Crippen LogP contribution in [0.25, 0.3) is 5.69 Å². The molecule has 0 unspecified atom stereocenters. The molecule has 76 valence electrons. The zero-order valence-electron chi connectivity index (χ0n) is 8.21. The van der Waals surface area contributed by atoms with Crippen molar-refractivity contribution < 1.29 is 4.79 Å². The fourth-order valence-corrected chi connectivity index (χ4v) is 1.41. The van der Waals surface area contributed by atoms with Crippen LogP contribution in [0.2, 0.25) is 0 Å². The summed E-state index contributed by atoms with van der Waals surface area (Å²) in [4.78, 5) is 11.0. The summed E-state index contributed by atoms with van der Waals surface area (Å²) in [5.74, 6) is -0.419. The number of carbonyl (C=O) groups excluding carboxylic acids is 1. The molecule has 0 aliphatic carbocycles. The third-order valence-electron chi connectivity index (χ3n) is 2.16. The molecule has 15 heavy (non-hydrogen) atoms. The van der Waals surface area contributed by atoms with E-state index < -0.39 is 5.91 Å². The number of nitrogens with zero attached hydrogens (tertiary/aromatic N) is 3. The Hall–Kier alpha value is -2.17. The topological polar surface area (TPSA) is 73.8 Å². The second-order valence-corrected chi connectivity index (χ2v) is 3.21. The molecule has 2 rings (SSSR count). The predicted octanol–water partition coefficient (Wildman–Crippen LogP) is 0.675. The maximum Gasteiger partial charge on any atom is 0.248 e. The Balaban J connectivity index is 2.47. The first kappa shape index (κ1) is 9.39. The average Bonchev–Trinajstić information content (AvgIpc) is 2.69. The van der Waals surface area contributed by atoms with Crippen molar-refractivity contribution in [2.24, 2.45) is 5.73 Å². The number of primary amides is 1. The van der Waals surface area contributed by atoms with Crippen molar-refractivity contribution in [3.8, 4) is 5.69 Å².